The summed E-state index contributed by atoms with van der Waals surface area (Å²) in [6.07, 6.45) is 7.00. The molecule has 0 aliphatic heterocycles. The molecule has 0 unspecified atom stereocenters. The molecule has 1 heterocycles. The van der Waals surface area contributed by atoms with Gasteiger partial charge in [-0.05, 0) is 31.4 Å². The molecule has 19 heavy (non-hydrogen) atoms. The minimum Gasteiger partial charge on any atom is -0.366 e. The van der Waals surface area contributed by atoms with Crippen LogP contribution in [0.2, 0.25) is 0 Å². The monoisotopic (exact) mass is 262 g/mol. The number of nitrogens with one attached hydrogen (secondary N) is 2. The van der Waals surface area contributed by atoms with Crippen molar-refractivity contribution in [3.05, 3.63) is 17.8 Å². The molecule has 0 radical (unpaired) electrons. The molecule has 1 saturated carbocycles. The lowest BCUT2D eigenvalue weighted by Gasteiger charge is -2.11. The Bertz CT molecular complexity index is 398. The van der Waals surface area contributed by atoms with Crippen molar-refractivity contribution in [2.24, 2.45) is 0 Å². The summed E-state index contributed by atoms with van der Waals surface area (Å²) in [4.78, 5) is 11.7. The summed E-state index contributed by atoms with van der Waals surface area (Å²) in [7, 11) is 0. The van der Waals surface area contributed by atoms with Crippen molar-refractivity contribution in [1.29, 1.82) is 0 Å². The first kappa shape index (κ1) is 13.8. The third-order valence-corrected chi connectivity index (χ3v) is 3.42. The van der Waals surface area contributed by atoms with E-state index in [0.29, 0.717) is 18.3 Å². The first-order valence-corrected chi connectivity index (χ1v) is 7.18. The van der Waals surface area contributed by atoms with Crippen molar-refractivity contribution >= 4 is 11.7 Å². The number of carbonyl (C=O) groups is 1. The number of amides is 1. The predicted molar refractivity (Wildman–Crippen MR) is 75.2 cm³/mol. The van der Waals surface area contributed by atoms with Gasteiger partial charge >= 0.3 is 0 Å². The van der Waals surface area contributed by atoms with Crippen LogP contribution < -0.4 is 10.6 Å². The smallest absolute Gasteiger partial charge is 0.271 e. The van der Waals surface area contributed by atoms with Crippen LogP contribution in [0.25, 0.3) is 0 Å². The Morgan fingerprint density at radius 2 is 2.11 bits per heavy atom. The molecule has 0 aromatic carbocycles. The lowest BCUT2D eigenvalue weighted by molar-refractivity contribution is 0.0947. The summed E-state index contributed by atoms with van der Waals surface area (Å²) >= 11 is 0. The minimum absolute atomic E-state index is 0.145. The molecule has 1 aliphatic carbocycles. The van der Waals surface area contributed by atoms with E-state index in [4.69, 9.17) is 0 Å². The Morgan fingerprint density at radius 1 is 1.32 bits per heavy atom. The van der Waals surface area contributed by atoms with E-state index < -0.39 is 0 Å². The quantitative estimate of drug-likeness (QED) is 0.772. The zero-order valence-electron chi connectivity index (χ0n) is 11.5. The average molecular weight is 262 g/mol. The van der Waals surface area contributed by atoms with Crippen LogP contribution >= 0.6 is 0 Å². The summed E-state index contributed by atoms with van der Waals surface area (Å²) in [5.74, 6) is 0.616. The van der Waals surface area contributed by atoms with Crippen LogP contribution in [0, 0.1) is 0 Å². The zero-order chi connectivity index (χ0) is 13.5. The van der Waals surface area contributed by atoms with Crippen molar-refractivity contribution in [2.45, 2.75) is 51.5 Å². The average Bonchev–Trinajstić information content (AvgIpc) is 2.93. The summed E-state index contributed by atoms with van der Waals surface area (Å²) in [6, 6.07) is 4.07. The molecule has 1 aromatic heterocycles. The van der Waals surface area contributed by atoms with Crippen LogP contribution in [0.15, 0.2) is 12.1 Å². The van der Waals surface area contributed by atoms with Crippen molar-refractivity contribution in [1.82, 2.24) is 15.5 Å². The van der Waals surface area contributed by atoms with Gasteiger partial charge in [-0.3, -0.25) is 4.79 Å². The zero-order valence-corrected chi connectivity index (χ0v) is 11.5. The molecule has 1 fully saturated rings. The summed E-state index contributed by atoms with van der Waals surface area (Å²) in [5, 5.41) is 14.2. The Kier molecular flexibility index (Phi) is 5.12. The fourth-order valence-corrected chi connectivity index (χ4v) is 2.28. The minimum atomic E-state index is -0.145. The lowest BCUT2D eigenvalue weighted by atomic mass is 10.2. The van der Waals surface area contributed by atoms with Crippen LogP contribution in [0.4, 0.5) is 5.82 Å². The Hall–Kier alpha value is -1.65. The van der Waals surface area contributed by atoms with E-state index in [1.807, 2.05) is 6.07 Å². The molecule has 1 amide bonds. The molecule has 2 N–H and O–H groups in total. The largest absolute Gasteiger partial charge is 0.366 e. The molecule has 0 spiro atoms. The van der Waals surface area contributed by atoms with E-state index in [0.717, 1.165) is 18.7 Å². The molecule has 2 rings (SSSR count). The van der Waals surface area contributed by atoms with Crippen LogP contribution in [0.1, 0.15) is 55.9 Å². The first-order valence-electron chi connectivity index (χ1n) is 7.18. The third kappa shape index (κ3) is 4.19. The summed E-state index contributed by atoms with van der Waals surface area (Å²) < 4.78 is 0. The van der Waals surface area contributed by atoms with E-state index in [2.05, 4.69) is 27.8 Å². The Balaban J connectivity index is 1.84. The SMILES string of the molecule is CCCCNC(=O)c1ccc(NC2CCCC2)nn1. The van der Waals surface area contributed by atoms with E-state index in [-0.39, 0.29) is 5.91 Å². The highest BCUT2D eigenvalue weighted by atomic mass is 16.1. The number of rotatable bonds is 6. The van der Waals surface area contributed by atoms with Gasteiger partial charge in [0.1, 0.15) is 5.82 Å². The van der Waals surface area contributed by atoms with Gasteiger partial charge in [-0.1, -0.05) is 26.2 Å². The van der Waals surface area contributed by atoms with Crippen molar-refractivity contribution < 1.29 is 4.79 Å². The van der Waals surface area contributed by atoms with E-state index >= 15 is 0 Å². The highest BCUT2D eigenvalue weighted by Crippen LogP contribution is 2.20. The van der Waals surface area contributed by atoms with E-state index in [9.17, 15) is 4.79 Å². The van der Waals surface area contributed by atoms with Crippen molar-refractivity contribution in [3.8, 4) is 0 Å². The summed E-state index contributed by atoms with van der Waals surface area (Å²) in [5.41, 5.74) is 0.382. The number of hydrogen-bond acceptors (Lipinski definition) is 4. The van der Waals surface area contributed by atoms with Gasteiger partial charge in [-0.15, -0.1) is 10.2 Å². The van der Waals surface area contributed by atoms with E-state index in [1.165, 1.54) is 25.7 Å². The molecule has 5 nitrogen and oxygen atoms in total. The second kappa shape index (κ2) is 7.07. The highest BCUT2D eigenvalue weighted by molar-refractivity contribution is 5.92. The van der Waals surface area contributed by atoms with Crippen LogP contribution in [-0.4, -0.2) is 28.7 Å². The molecule has 0 saturated heterocycles. The fourth-order valence-electron chi connectivity index (χ4n) is 2.28. The van der Waals surface area contributed by atoms with Gasteiger partial charge in [0.05, 0.1) is 0 Å². The van der Waals surface area contributed by atoms with Crippen LogP contribution in [-0.2, 0) is 0 Å². The number of aromatic nitrogens is 2. The number of carbonyl (C=O) groups excluding carboxylic acids is 1. The van der Waals surface area contributed by atoms with Gasteiger partial charge in [-0.2, -0.15) is 0 Å². The molecule has 0 bridgehead atoms. The first-order chi connectivity index (χ1) is 9.29. The Labute approximate surface area is 114 Å². The van der Waals surface area contributed by atoms with Gasteiger partial charge in [0.2, 0.25) is 0 Å². The molecule has 104 valence electrons. The number of unbranched alkanes of at least 4 members (excludes halogenated alkanes) is 1. The molecular weight excluding hydrogens is 240 g/mol. The molecule has 0 atom stereocenters. The topological polar surface area (TPSA) is 66.9 Å². The molecule has 5 heteroatoms. The fraction of sp³-hybridized carbons (Fsp3) is 0.643. The van der Waals surface area contributed by atoms with Crippen LogP contribution in [0.3, 0.4) is 0 Å². The number of hydrogen-bond donors (Lipinski definition) is 2. The van der Waals surface area contributed by atoms with Crippen molar-refractivity contribution in [2.75, 3.05) is 11.9 Å². The molecular formula is C14H22N4O. The van der Waals surface area contributed by atoms with Gasteiger partial charge in [0.25, 0.3) is 5.91 Å². The highest BCUT2D eigenvalue weighted by Gasteiger charge is 2.15. The lowest BCUT2D eigenvalue weighted by Crippen LogP contribution is -2.25. The number of anilines is 1. The maximum Gasteiger partial charge on any atom is 0.271 e. The van der Waals surface area contributed by atoms with Gasteiger partial charge in [-0.25, -0.2) is 0 Å². The molecule has 1 aliphatic rings. The van der Waals surface area contributed by atoms with E-state index in [1.54, 1.807) is 6.07 Å². The predicted octanol–water partition coefficient (Wildman–Crippen LogP) is 2.36. The maximum absolute atomic E-state index is 11.7. The Morgan fingerprint density at radius 3 is 2.74 bits per heavy atom. The number of nitrogens with zero attached hydrogens (tertiary/aromatic N) is 2. The molecule has 1 aromatic rings. The van der Waals surface area contributed by atoms with Gasteiger partial charge in [0.15, 0.2) is 5.69 Å². The second-order valence-electron chi connectivity index (χ2n) is 5.04. The third-order valence-electron chi connectivity index (χ3n) is 3.42. The standard InChI is InChI=1S/C14H22N4O/c1-2-3-10-15-14(19)12-8-9-13(18-17-12)16-11-6-4-5-7-11/h8-9,11H,2-7,10H2,1H3,(H,15,19)(H,16,18). The van der Waals surface area contributed by atoms with Gasteiger partial charge in [0, 0.05) is 12.6 Å². The maximum atomic E-state index is 11.7. The van der Waals surface area contributed by atoms with Crippen molar-refractivity contribution in [3.63, 3.8) is 0 Å². The van der Waals surface area contributed by atoms with Crippen LogP contribution in [0.5, 0.6) is 0 Å². The normalized spacial score (nSPS) is 15.4. The summed E-state index contributed by atoms with van der Waals surface area (Å²) in [6.45, 7) is 2.79. The van der Waals surface area contributed by atoms with Gasteiger partial charge < -0.3 is 10.6 Å². The second-order valence-corrected chi connectivity index (χ2v) is 5.04.